The normalized spacial score (nSPS) is 12.5. The van der Waals surface area contributed by atoms with Crippen molar-refractivity contribution < 1.29 is 23.1 Å². The van der Waals surface area contributed by atoms with E-state index in [0.717, 1.165) is 5.52 Å². The quantitative estimate of drug-likeness (QED) is 0.572. The van der Waals surface area contributed by atoms with E-state index in [-0.39, 0.29) is 25.1 Å². The summed E-state index contributed by atoms with van der Waals surface area (Å²) in [5, 5.41) is 2.85. The fourth-order valence-corrected chi connectivity index (χ4v) is 3.30. The van der Waals surface area contributed by atoms with Crippen molar-refractivity contribution in [1.82, 2.24) is 4.57 Å². The maximum Gasteiger partial charge on any atom is 0.272 e. The third kappa shape index (κ3) is 2.77. The van der Waals surface area contributed by atoms with Gasteiger partial charge in [-0.15, -0.1) is 0 Å². The minimum atomic E-state index is -0.332. The summed E-state index contributed by atoms with van der Waals surface area (Å²) in [4.78, 5) is 12.9. The zero-order chi connectivity index (χ0) is 19.1. The first-order valence-electron chi connectivity index (χ1n) is 8.70. The van der Waals surface area contributed by atoms with Gasteiger partial charge >= 0.3 is 0 Å². The standard InChI is InChI=1S/C21H15FN2O4/c22-15-4-2-1-3-13(15)11-24-16-7-8-26-19(16)10-17(24)21(25)23-14-5-6-18-20(9-14)28-12-27-18/h1-10H,11-12H2,(H,23,25). The summed E-state index contributed by atoms with van der Waals surface area (Å²) in [7, 11) is 0. The van der Waals surface area contributed by atoms with Crippen LogP contribution in [0.25, 0.3) is 11.1 Å². The molecule has 1 aliphatic rings. The monoisotopic (exact) mass is 378 g/mol. The smallest absolute Gasteiger partial charge is 0.272 e. The number of carbonyl (C=O) groups is 1. The van der Waals surface area contributed by atoms with E-state index < -0.39 is 0 Å². The highest BCUT2D eigenvalue weighted by atomic mass is 19.1. The third-order valence-electron chi connectivity index (χ3n) is 4.67. The number of nitrogens with one attached hydrogen (secondary N) is 1. The molecule has 0 aliphatic carbocycles. The molecule has 1 N–H and O–H groups in total. The average Bonchev–Trinajstić information content (AvgIpc) is 3.40. The molecule has 4 aromatic rings. The van der Waals surface area contributed by atoms with Gasteiger partial charge in [-0.2, -0.15) is 0 Å². The van der Waals surface area contributed by atoms with Crippen LogP contribution < -0.4 is 14.8 Å². The summed E-state index contributed by atoms with van der Waals surface area (Å²) < 4.78 is 31.9. The molecule has 0 fully saturated rings. The fourth-order valence-electron chi connectivity index (χ4n) is 3.30. The van der Waals surface area contributed by atoms with Crippen LogP contribution >= 0.6 is 0 Å². The zero-order valence-electron chi connectivity index (χ0n) is 14.6. The van der Waals surface area contributed by atoms with Crippen molar-refractivity contribution in [3.63, 3.8) is 0 Å². The SMILES string of the molecule is O=C(Nc1ccc2c(c1)OCO2)c1cc2occc2n1Cc1ccccc1F. The molecular formula is C21H15FN2O4. The van der Waals surface area contributed by atoms with Crippen LogP contribution in [0.5, 0.6) is 11.5 Å². The lowest BCUT2D eigenvalue weighted by Crippen LogP contribution is -2.17. The van der Waals surface area contributed by atoms with Crippen molar-refractivity contribution in [2.45, 2.75) is 6.54 Å². The topological polar surface area (TPSA) is 65.6 Å². The van der Waals surface area contributed by atoms with Gasteiger partial charge in [-0.3, -0.25) is 4.79 Å². The second-order valence-electron chi connectivity index (χ2n) is 6.40. The Morgan fingerprint density at radius 1 is 1.07 bits per heavy atom. The Hall–Kier alpha value is -3.74. The van der Waals surface area contributed by atoms with Gasteiger partial charge < -0.3 is 23.8 Å². The van der Waals surface area contributed by atoms with E-state index >= 15 is 0 Å². The Balaban J connectivity index is 1.49. The van der Waals surface area contributed by atoms with Gasteiger partial charge in [0.2, 0.25) is 6.79 Å². The van der Waals surface area contributed by atoms with Crippen LogP contribution in [-0.2, 0) is 6.54 Å². The van der Waals surface area contributed by atoms with Gasteiger partial charge in [0, 0.05) is 29.4 Å². The molecule has 0 unspecified atom stereocenters. The molecule has 1 amide bonds. The predicted octanol–water partition coefficient (Wildman–Crippen LogP) is 4.40. The molecule has 3 heterocycles. The van der Waals surface area contributed by atoms with E-state index in [1.54, 1.807) is 59.4 Å². The van der Waals surface area contributed by atoms with Crippen molar-refractivity contribution in [3.8, 4) is 11.5 Å². The van der Waals surface area contributed by atoms with Crippen LogP contribution in [0.3, 0.4) is 0 Å². The first-order valence-corrected chi connectivity index (χ1v) is 8.70. The summed E-state index contributed by atoms with van der Waals surface area (Å²) >= 11 is 0. The number of amides is 1. The molecule has 0 atom stereocenters. The minimum Gasteiger partial charge on any atom is -0.463 e. The fraction of sp³-hybridized carbons (Fsp3) is 0.0952. The number of fused-ring (bicyclic) bond motifs is 2. The number of nitrogens with zero attached hydrogens (tertiary/aromatic N) is 1. The van der Waals surface area contributed by atoms with Crippen LogP contribution in [0.1, 0.15) is 16.1 Å². The highest BCUT2D eigenvalue weighted by molar-refractivity contribution is 6.06. The Kier molecular flexibility index (Phi) is 3.79. The summed E-state index contributed by atoms with van der Waals surface area (Å²) in [6, 6.07) is 15.1. The Morgan fingerprint density at radius 2 is 1.93 bits per heavy atom. The van der Waals surface area contributed by atoms with Gasteiger partial charge in [0.1, 0.15) is 11.5 Å². The minimum absolute atomic E-state index is 0.161. The first-order chi connectivity index (χ1) is 13.7. The highest BCUT2D eigenvalue weighted by Crippen LogP contribution is 2.34. The van der Waals surface area contributed by atoms with Crippen LogP contribution in [0, 0.1) is 5.82 Å². The Labute approximate surface area is 159 Å². The number of halogens is 1. The highest BCUT2D eigenvalue weighted by Gasteiger charge is 2.20. The van der Waals surface area contributed by atoms with Crippen molar-refractivity contribution in [2.24, 2.45) is 0 Å². The van der Waals surface area contributed by atoms with Crippen molar-refractivity contribution in [3.05, 3.63) is 77.9 Å². The van der Waals surface area contributed by atoms with Gasteiger partial charge in [0.15, 0.2) is 17.1 Å². The van der Waals surface area contributed by atoms with Crippen LogP contribution in [0.4, 0.5) is 10.1 Å². The molecule has 0 spiro atoms. The number of furan rings is 1. The molecule has 2 aromatic carbocycles. The van der Waals surface area contributed by atoms with Crippen LogP contribution in [0.2, 0.25) is 0 Å². The molecule has 7 heteroatoms. The lowest BCUT2D eigenvalue weighted by molar-refractivity contribution is 0.101. The summed E-state index contributed by atoms with van der Waals surface area (Å²) in [5.74, 6) is 0.559. The Morgan fingerprint density at radius 3 is 2.82 bits per heavy atom. The molecule has 28 heavy (non-hydrogen) atoms. The molecule has 0 bridgehead atoms. The van der Waals surface area contributed by atoms with Crippen molar-refractivity contribution >= 4 is 22.7 Å². The van der Waals surface area contributed by atoms with E-state index in [9.17, 15) is 9.18 Å². The van der Waals surface area contributed by atoms with E-state index in [2.05, 4.69) is 5.32 Å². The second kappa shape index (κ2) is 6.45. The molecule has 6 nitrogen and oxygen atoms in total. The summed E-state index contributed by atoms with van der Waals surface area (Å²) in [6.45, 7) is 0.369. The van der Waals surface area contributed by atoms with Crippen LogP contribution in [0.15, 0.2) is 65.3 Å². The van der Waals surface area contributed by atoms with E-state index in [0.29, 0.717) is 34.0 Å². The molecular weight excluding hydrogens is 363 g/mol. The van der Waals surface area contributed by atoms with Gasteiger partial charge in [0.25, 0.3) is 5.91 Å². The number of hydrogen-bond acceptors (Lipinski definition) is 4. The van der Waals surface area contributed by atoms with Crippen LogP contribution in [-0.4, -0.2) is 17.3 Å². The maximum absolute atomic E-state index is 14.2. The number of carbonyl (C=O) groups excluding carboxylic acids is 1. The molecule has 0 saturated heterocycles. The van der Waals surface area contributed by atoms with E-state index in [1.165, 1.54) is 6.07 Å². The number of anilines is 1. The zero-order valence-corrected chi connectivity index (χ0v) is 14.6. The predicted molar refractivity (Wildman–Crippen MR) is 100 cm³/mol. The average molecular weight is 378 g/mol. The molecule has 5 rings (SSSR count). The van der Waals surface area contributed by atoms with E-state index in [1.807, 2.05) is 0 Å². The molecule has 2 aromatic heterocycles. The van der Waals surface area contributed by atoms with Crippen molar-refractivity contribution in [1.29, 1.82) is 0 Å². The van der Waals surface area contributed by atoms with Gasteiger partial charge in [-0.1, -0.05) is 18.2 Å². The lowest BCUT2D eigenvalue weighted by atomic mass is 10.2. The molecule has 1 aliphatic heterocycles. The molecule has 140 valence electrons. The van der Waals surface area contributed by atoms with Gasteiger partial charge in [-0.05, 0) is 18.2 Å². The summed E-state index contributed by atoms with van der Waals surface area (Å²) in [6.07, 6.45) is 1.54. The third-order valence-corrected chi connectivity index (χ3v) is 4.67. The van der Waals surface area contributed by atoms with Gasteiger partial charge in [0.05, 0.1) is 18.3 Å². The lowest BCUT2D eigenvalue weighted by Gasteiger charge is -2.11. The number of ether oxygens (including phenoxy) is 2. The number of benzene rings is 2. The number of hydrogen-bond donors (Lipinski definition) is 1. The first kappa shape index (κ1) is 16.4. The number of aromatic nitrogens is 1. The Bertz CT molecular complexity index is 1190. The summed E-state index contributed by atoms with van der Waals surface area (Å²) in [5.41, 5.74) is 2.71. The number of rotatable bonds is 4. The second-order valence-corrected chi connectivity index (χ2v) is 6.40. The van der Waals surface area contributed by atoms with Crippen molar-refractivity contribution in [2.75, 3.05) is 12.1 Å². The molecule has 0 radical (unpaired) electrons. The van der Waals surface area contributed by atoms with E-state index in [4.69, 9.17) is 13.9 Å². The molecule has 0 saturated carbocycles. The van der Waals surface area contributed by atoms with Gasteiger partial charge in [-0.25, -0.2) is 4.39 Å². The largest absolute Gasteiger partial charge is 0.463 e. The maximum atomic E-state index is 14.2.